The first kappa shape index (κ1) is 9.43. The number of aryl methyl sites for hydroxylation is 1. The summed E-state index contributed by atoms with van der Waals surface area (Å²) in [5.41, 5.74) is 0.612. The van der Waals surface area contributed by atoms with Crippen molar-refractivity contribution in [1.82, 2.24) is 4.90 Å². The van der Waals surface area contributed by atoms with E-state index in [1.54, 1.807) is 13.0 Å². The third kappa shape index (κ3) is 1.71. The molecule has 0 saturated carbocycles. The Labute approximate surface area is 82.1 Å². The molecule has 2 heterocycles. The summed E-state index contributed by atoms with van der Waals surface area (Å²) in [6.45, 7) is 3.83. The quantitative estimate of drug-likeness (QED) is 0.717. The first-order valence-corrected chi connectivity index (χ1v) is 4.64. The summed E-state index contributed by atoms with van der Waals surface area (Å²) in [6, 6.07) is 1.76. The van der Waals surface area contributed by atoms with Crippen LogP contribution in [-0.2, 0) is 6.54 Å². The van der Waals surface area contributed by atoms with Crippen molar-refractivity contribution < 1.29 is 14.3 Å². The van der Waals surface area contributed by atoms with Gasteiger partial charge in [-0.15, -0.1) is 0 Å². The van der Waals surface area contributed by atoms with Crippen LogP contribution in [0.3, 0.4) is 0 Å². The van der Waals surface area contributed by atoms with Gasteiger partial charge in [-0.25, -0.2) is 0 Å². The van der Waals surface area contributed by atoms with E-state index in [1.807, 2.05) is 0 Å². The van der Waals surface area contributed by atoms with E-state index in [-0.39, 0.29) is 6.10 Å². The summed E-state index contributed by atoms with van der Waals surface area (Å²) >= 11 is 0. The fourth-order valence-corrected chi connectivity index (χ4v) is 1.65. The Hall–Kier alpha value is -1.13. The van der Waals surface area contributed by atoms with Gasteiger partial charge in [0.2, 0.25) is 0 Å². The van der Waals surface area contributed by atoms with Gasteiger partial charge in [0.25, 0.3) is 0 Å². The van der Waals surface area contributed by atoms with E-state index in [1.165, 1.54) is 0 Å². The van der Waals surface area contributed by atoms with E-state index in [9.17, 15) is 4.79 Å². The van der Waals surface area contributed by atoms with Gasteiger partial charge in [0.1, 0.15) is 11.5 Å². The van der Waals surface area contributed by atoms with Gasteiger partial charge in [-0.3, -0.25) is 9.69 Å². The summed E-state index contributed by atoms with van der Waals surface area (Å²) in [6.07, 6.45) is 0.601. The number of nitrogens with zero attached hydrogens (tertiary/aromatic N) is 1. The summed E-state index contributed by atoms with van der Waals surface area (Å²) in [7, 11) is 0. The van der Waals surface area contributed by atoms with E-state index in [0.29, 0.717) is 31.0 Å². The Morgan fingerprint density at radius 1 is 1.71 bits per heavy atom. The number of hydrogen-bond acceptors (Lipinski definition) is 4. The standard InChI is InChI=1S/C10H13NO3/c1-7-8(6-12)2-10(14-7)5-11-3-9(13)4-11/h2,6,9,13H,3-5H2,1H3. The van der Waals surface area contributed by atoms with Crippen molar-refractivity contribution in [3.05, 3.63) is 23.2 Å². The van der Waals surface area contributed by atoms with Crippen molar-refractivity contribution in [3.8, 4) is 0 Å². The molecule has 1 aromatic heterocycles. The van der Waals surface area contributed by atoms with Gasteiger partial charge in [-0.2, -0.15) is 0 Å². The number of furan rings is 1. The molecular weight excluding hydrogens is 182 g/mol. The molecule has 1 aliphatic rings. The molecule has 1 fully saturated rings. The van der Waals surface area contributed by atoms with E-state index in [4.69, 9.17) is 9.52 Å². The van der Waals surface area contributed by atoms with Gasteiger partial charge in [0.05, 0.1) is 18.2 Å². The highest BCUT2D eigenvalue weighted by atomic mass is 16.3. The smallest absolute Gasteiger partial charge is 0.153 e. The maximum atomic E-state index is 10.5. The Morgan fingerprint density at radius 3 is 2.93 bits per heavy atom. The molecule has 1 N–H and O–H groups in total. The largest absolute Gasteiger partial charge is 0.464 e. The van der Waals surface area contributed by atoms with Crippen LogP contribution < -0.4 is 0 Å². The molecule has 1 saturated heterocycles. The summed E-state index contributed by atoms with van der Waals surface area (Å²) in [4.78, 5) is 12.6. The molecule has 0 atom stereocenters. The predicted octanol–water partition coefficient (Wildman–Crippen LogP) is 0.577. The van der Waals surface area contributed by atoms with E-state index in [0.717, 1.165) is 12.0 Å². The van der Waals surface area contributed by atoms with Crippen molar-refractivity contribution in [2.75, 3.05) is 13.1 Å². The van der Waals surface area contributed by atoms with Crippen LogP contribution in [0.25, 0.3) is 0 Å². The number of β-amino-alcohol motifs (C(OH)–C–C–N with tert-alkyl or cyclic N) is 1. The van der Waals surface area contributed by atoms with Gasteiger partial charge in [0, 0.05) is 13.1 Å². The lowest BCUT2D eigenvalue weighted by Gasteiger charge is -2.34. The monoisotopic (exact) mass is 195 g/mol. The van der Waals surface area contributed by atoms with Gasteiger partial charge in [-0.1, -0.05) is 0 Å². The van der Waals surface area contributed by atoms with Crippen molar-refractivity contribution in [2.24, 2.45) is 0 Å². The molecule has 0 radical (unpaired) electrons. The molecule has 14 heavy (non-hydrogen) atoms. The highest BCUT2D eigenvalue weighted by molar-refractivity contribution is 5.76. The lowest BCUT2D eigenvalue weighted by Crippen LogP contribution is -2.49. The average molecular weight is 195 g/mol. The highest BCUT2D eigenvalue weighted by Gasteiger charge is 2.25. The molecular formula is C10H13NO3. The van der Waals surface area contributed by atoms with Crippen LogP contribution in [0.4, 0.5) is 0 Å². The van der Waals surface area contributed by atoms with E-state index in [2.05, 4.69) is 4.90 Å². The molecule has 76 valence electrons. The predicted molar refractivity (Wildman–Crippen MR) is 50.1 cm³/mol. The SMILES string of the molecule is Cc1oc(CN2CC(O)C2)cc1C=O. The number of hydrogen-bond donors (Lipinski definition) is 1. The third-order valence-corrected chi connectivity index (χ3v) is 2.45. The van der Waals surface area contributed by atoms with Crippen LogP contribution in [0.1, 0.15) is 21.9 Å². The van der Waals surface area contributed by atoms with Crippen LogP contribution in [0.5, 0.6) is 0 Å². The summed E-state index contributed by atoms with van der Waals surface area (Å²) in [5.74, 6) is 1.45. The van der Waals surface area contributed by atoms with Crippen LogP contribution >= 0.6 is 0 Å². The van der Waals surface area contributed by atoms with E-state index < -0.39 is 0 Å². The molecule has 0 spiro atoms. The van der Waals surface area contributed by atoms with Gasteiger partial charge in [0.15, 0.2) is 6.29 Å². The van der Waals surface area contributed by atoms with Crippen LogP contribution in [-0.4, -0.2) is 35.5 Å². The van der Waals surface area contributed by atoms with Crippen LogP contribution in [0.15, 0.2) is 10.5 Å². The third-order valence-electron chi connectivity index (χ3n) is 2.45. The zero-order chi connectivity index (χ0) is 10.1. The second kappa shape index (κ2) is 3.55. The number of likely N-dealkylation sites (tertiary alicyclic amines) is 1. The van der Waals surface area contributed by atoms with Crippen molar-refractivity contribution in [2.45, 2.75) is 19.6 Å². The minimum absolute atomic E-state index is 0.198. The number of aliphatic hydroxyl groups is 1. The second-order valence-corrected chi connectivity index (χ2v) is 3.69. The Balaban J connectivity index is 1.99. The first-order valence-electron chi connectivity index (χ1n) is 4.64. The van der Waals surface area contributed by atoms with Gasteiger partial charge in [-0.05, 0) is 13.0 Å². The molecule has 0 amide bonds. The number of rotatable bonds is 3. The lowest BCUT2D eigenvalue weighted by molar-refractivity contribution is -0.00637. The molecule has 4 nitrogen and oxygen atoms in total. The normalized spacial score (nSPS) is 18.1. The molecule has 0 unspecified atom stereocenters. The second-order valence-electron chi connectivity index (χ2n) is 3.69. The van der Waals surface area contributed by atoms with Crippen molar-refractivity contribution >= 4 is 6.29 Å². The maximum Gasteiger partial charge on any atom is 0.153 e. The topological polar surface area (TPSA) is 53.7 Å². The zero-order valence-corrected chi connectivity index (χ0v) is 8.06. The number of carbonyl (C=O) groups is 1. The van der Waals surface area contributed by atoms with Crippen LogP contribution in [0, 0.1) is 6.92 Å². The minimum Gasteiger partial charge on any atom is -0.464 e. The molecule has 2 rings (SSSR count). The van der Waals surface area contributed by atoms with Crippen molar-refractivity contribution in [1.29, 1.82) is 0 Å². The Bertz CT molecular complexity index is 339. The maximum absolute atomic E-state index is 10.5. The minimum atomic E-state index is -0.198. The molecule has 0 bridgehead atoms. The lowest BCUT2D eigenvalue weighted by atomic mass is 10.1. The summed E-state index contributed by atoms with van der Waals surface area (Å²) < 4.78 is 5.39. The fourth-order valence-electron chi connectivity index (χ4n) is 1.65. The number of aliphatic hydroxyl groups excluding tert-OH is 1. The average Bonchev–Trinajstić information content (AvgIpc) is 2.43. The van der Waals surface area contributed by atoms with Crippen LogP contribution in [0.2, 0.25) is 0 Å². The van der Waals surface area contributed by atoms with Gasteiger partial charge < -0.3 is 9.52 Å². The fraction of sp³-hybridized carbons (Fsp3) is 0.500. The number of carbonyl (C=O) groups excluding carboxylic acids is 1. The Morgan fingerprint density at radius 2 is 2.43 bits per heavy atom. The molecule has 0 aliphatic carbocycles. The zero-order valence-electron chi connectivity index (χ0n) is 8.06. The molecule has 0 aromatic carbocycles. The van der Waals surface area contributed by atoms with Crippen molar-refractivity contribution in [3.63, 3.8) is 0 Å². The molecule has 1 aliphatic heterocycles. The molecule has 1 aromatic rings. The summed E-state index contributed by atoms with van der Waals surface area (Å²) in [5, 5.41) is 9.07. The number of aldehydes is 1. The van der Waals surface area contributed by atoms with E-state index >= 15 is 0 Å². The Kier molecular flexibility index (Phi) is 2.39. The highest BCUT2D eigenvalue weighted by Crippen LogP contribution is 2.17. The first-order chi connectivity index (χ1) is 6.69. The molecule has 4 heteroatoms. The van der Waals surface area contributed by atoms with Gasteiger partial charge >= 0.3 is 0 Å².